The lowest BCUT2D eigenvalue weighted by Gasteiger charge is -2.18. The number of fused-ring (bicyclic) bond motifs is 1. The summed E-state index contributed by atoms with van der Waals surface area (Å²) < 4.78 is 1.29. The Morgan fingerprint density at radius 2 is 1.94 bits per heavy atom. The lowest BCUT2D eigenvalue weighted by molar-refractivity contribution is 0.504. The van der Waals surface area contributed by atoms with Gasteiger partial charge in [-0.05, 0) is 25.0 Å². The van der Waals surface area contributed by atoms with Crippen LogP contribution in [0.2, 0.25) is 0 Å². The summed E-state index contributed by atoms with van der Waals surface area (Å²) in [6.07, 6.45) is 6.27. The van der Waals surface area contributed by atoms with Crippen molar-refractivity contribution in [3.8, 4) is 0 Å². The molecule has 3 rings (SSSR count). The van der Waals surface area contributed by atoms with Gasteiger partial charge in [0.1, 0.15) is 0 Å². The fraction of sp³-hybridized carbons (Fsp3) is 0.500. The number of nitrogens with two attached hydrogens (primary N) is 1. The van der Waals surface area contributed by atoms with Crippen LogP contribution in [0.25, 0.3) is 10.2 Å². The number of thiazole rings is 1. The Hall–Kier alpha value is -0.930. The summed E-state index contributed by atoms with van der Waals surface area (Å²) in [5, 5.41) is 1.25. The number of hydrogen-bond acceptors (Lipinski definition) is 3. The van der Waals surface area contributed by atoms with Gasteiger partial charge in [0.05, 0.1) is 15.2 Å². The van der Waals surface area contributed by atoms with E-state index in [-0.39, 0.29) is 0 Å². The highest BCUT2D eigenvalue weighted by Crippen LogP contribution is 2.35. The summed E-state index contributed by atoms with van der Waals surface area (Å²) in [5.41, 5.74) is 7.43. The molecule has 2 aromatic rings. The molecule has 1 saturated carbocycles. The SMILES string of the molecule is NC1CCCCCC1c1nc2ccccc2s1. The van der Waals surface area contributed by atoms with Gasteiger partial charge in [0, 0.05) is 12.0 Å². The maximum absolute atomic E-state index is 6.30. The second kappa shape index (κ2) is 4.75. The van der Waals surface area contributed by atoms with E-state index in [0.717, 1.165) is 11.9 Å². The monoisotopic (exact) mass is 246 g/mol. The summed E-state index contributed by atoms with van der Waals surface area (Å²) in [6.45, 7) is 0. The normalized spacial score (nSPS) is 25.9. The second-order valence-electron chi connectivity index (χ2n) is 4.93. The van der Waals surface area contributed by atoms with Crippen molar-refractivity contribution in [1.82, 2.24) is 4.98 Å². The van der Waals surface area contributed by atoms with Gasteiger partial charge >= 0.3 is 0 Å². The van der Waals surface area contributed by atoms with Crippen molar-refractivity contribution in [2.45, 2.75) is 44.1 Å². The number of aromatic nitrogens is 1. The molecular formula is C14H18N2S. The first-order valence-corrected chi connectivity index (χ1v) is 7.27. The molecule has 2 nitrogen and oxygen atoms in total. The van der Waals surface area contributed by atoms with Crippen LogP contribution in [0.1, 0.15) is 43.0 Å². The lowest BCUT2D eigenvalue weighted by atomic mass is 9.96. The number of nitrogens with zero attached hydrogens (tertiary/aromatic N) is 1. The summed E-state index contributed by atoms with van der Waals surface area (Å²) in [6, 6.07) is 8.69. The molecule has 17 heavy (non-hydrogen) atoms. The van der Waals surface area contributed by atoms with Crippen molar-refractivity contribution in [3.63, 3.8) is 0 Å². The molecule has 1 aromatic carbocycles. The molecule has 0 spiro atoms. The molecule has 2 atom stereocenters. The van der Waals surface area contributed by atoms with Crippen molar-refractivity contribution in [1.29, 1.82) is 0 Å². The van der Waals surface area contributed by atoms with Crippen LogP contribution in [-0.2, 0) is 0 Å². The molecule has 1 aliphatic rings. The number of rotatable bonds is 1. The summed E-state index contributed by atoms with van der Waals surface area (Å²) in [4.78, 5) is 4.77. The van der Waals surface area contributed by atoms with Gasteiger partial charge in [0.25, 0.3) is 0 Å². The average molecular weight is 246 g/mol. The first-order valence-electron chi connectivity index (χ1n) is 6.45. The lowest BCUT2D eigenvalue weighted by Crippen LogP contribution is -2.27. The molecule has 1 heterocycles. The minimum absolute atomic E-state index is 0.304. The van der Waals surface area contributed by atoms with Crippen LogP contribution in [0.5, 0.6) is 0 Å². The third-order valence-electron chi connectivity index (χ3n) is 3.70. The molecule has 3 heteroatoms. The molecule has 1 aromatic heterocycles. The third kappa shape index (κ3) is 2.22. The highest BCUT2D eigenvalue weighted by molar-refractivity contribution is 7.18. The summed E-state index contributed by atoms with van der Waals surface area (Å²) >= 11 is 1.83. The van der Waals surface area contributed by atoms with Gasteiger partial charge < -0.3 is 5.73 Å². The highest BCUT2D eigenvalue weighted by atomic mass is 32.1. The molecule has 0 saturated heterocycles. The van der Waals surface area contributed by atoms with Gasteiger partial charge in [-0.15, -0.1) is 11.3 Å². The van der Waals surface area contributed by atoms with E-state index in [1.807, 2.05) is 11.3 Å². The van der Waals surface area contributed by atoms with E-state index in [1.165, 1.54) is 35.4 Å². The minimum atomic E-state index is 0.304. The van der Waals surface area contributed by atoms with Gasteiger partial charge in [-0.25, -0.2) is 4.98 Å². The fourth-order valence-corrected chi connectivity index (χ4v) is 3.87. The molecule has 90 valence electrons. The predicted octanol–water partition coefficient (Wildman–Crippen LogP) is 3.67. The van der Waals surface area contributed by atoms with Gasteiger partial charge in [-0.1, -0.05) is 31.4 Å². The number of hydrogen-bond donors (Lipinski definition) is 1. The first kappa shape index (κ1) is 11.2. The Morgan fingerprint density at radius 3 is 2.82 bits per heavy atom. The van der Waals surface area contributed by atoms with Crippen molar-refractivity contribution >= 4 is 21.6 Å². The smallest absolute Gasteiger partial charge is 0.0984 e. The molecular weight excluding hydrogens is 228 g/mol. The molecule has 1 fully saturated rings. The molecule has 1 aliphatic carbocycles. The van der Waals surface area contributed by atoms with Crippen LogP contribution in [0.15, 0.2) is 24.3 Å². The molecule has 2 unspecified atom stereocenters. The first-order chi connectivity index (χ1) is 8.34. The summed E-state index contributed by atoms with van der Waals surface area (Å²) in [5.74, 6) is 0.481. The zero-order valence-corrected chi connectivity index (χ0v) is 10.7. The van der Waals surface area contributed by atoms with Crippen LogP contribution in [0.4, 0.5) is 0 Å². The third-order valence-corrected chi connectivity index (χ3v) is 4.87. The maximum Gasteiger partial charge on any atom is 0.0984 e. The van der Waals surface area contributed by atoms with Crippen molar-refractivity contribution in [2.75, 3.05) is 0 Å². The van der Waals surface area contributed by atoms with E-state index in [1.54, 1.807) is 0 Å². The van der Waals surface area contributed by atoms with E-state index in [4.69, 9.17) is 10.7 Å². The number of benzene rings is 1. The minimum Gasteiger partial charge on any atom is -0.327 e. The van der Waals surface area contributed by atoms with Crippen LogP contribution < -0.4 is 5.73 Å². The Balaban J connectivity index is 1.95. The Bertz CT molecular complexity index is 473. The molecule has 0 amide bonds. The Morgan fingerprint density at radius 1 is 1.12 bits per heavy atom. The van der Waals surface area contributed by atoms with E-state index in [2.05, 4.69) is 24.3 Å². The standard InChI is InChI=1S/C14H18N2S/c15-11-7-3-1-2-6-10(11)14-16-12-8-4-5-9-13(12)17-14/h4-5,8-11H,1-3,6-7,15H2. The van der Waals surface area contributed by atoms with Crippen molar-refractivity contribution in [3.05, 3.63) is 29.3 Å². The number of para-hydroxylation sites is 1. The maximum atomic E-state index is 6.30. The highest BCUT2D eigenvalue weighted by Gasteiger charge is 2.24. The average Bonchev–Trinajstić information content (AvgIpc) is 2.65. The Labute approximate surface area is 106 Å². The molecule has 0 aliphatic heterocycles. The van der Waals surface area contributed by atoms with E-state index < -0.39 is 0 Å². The molecule has 0 radical (unpaired) electrons. The second-order valence-corrected chi connectivity index (χ2v) is 5.99. The van der Waals surface area contributed by atoms with E-state index >= 15 is 0 Å². The topological polar surface area (TPSA) is 38.9 Å². The van der Waals surface area contributed by atoms with Crippen molar-refractivity contribution < 1.29 is 0 Å². The molecule has 2 N–H and O–H groups in total. The van der Waals surface area contributed by atoms with Crippen LogP contribution >= 0.6 is 11.3 Å². The molecule has 0 bridgehead atoms. The van der Waals surface area contributed by atoms with Crippen LogP contribution in [0.3, 0.4) is 0 Å². The quantitative estimate of drug-likeness (QED) is 0.780. The van der Waals surface area contributed by atoms with Crippen LogP contribution in [-0.4, -0.2) is 11.0 Å². The van der Waals surface area contributed by atoms with E-state index in [0.29, 0.717) is 12.0 Å². The Kier molecular flexibility index (Phi) is 3.12. The zero-order valence-electron chi connectivity index (χ0n) is 9.93. The summed E-state index contributed by atoms with van der Waals surface area (Å²) in [7, 11) is 0. The predicted molar refractivity (Wildman–Crippen MR) is 73.4 cm³/mol. The van der Waals surface area contributed by atoms with Gasteiger partial charge in [-0.2, -0.15) is 0 Å². The largest absolute Gasteiger partial charge is 0.327 e. The fourth-order valence-electron chi connectivity index (χ4n) is 2.69. The van der Waals surface area contributed by atoms with E-state index in [9.17, 15) is 0 Å². The van der Waals surface area contributed by atoms with Gasteiger partial charge in [0.15, 0.2) is 0 Å². The van der Waals surface area contributed by atoms with Crippen molar-refractivity contribution in [2.24, 2.45) is 5.73 Å². The zero-order chi connectivity index (χ0) is 11.7. The van der Waals surface area contributed by atoms with Gasteiger partial charge in [0.2, 0.25) is 0 Å². The van der Waals surface area contributed by atoms with Gasteiger partial charge in [-0.3, -0.25) is 0 Å². The van der Waals surface area contributed by atoms with Crippen LogP contribution in [0, 0.1) is 0 Å².